The third-order valence-corrected chi connectivity index (χ3v) is 4.55. The molecule has 0 radical (unpaired) electrons. The predicted molar refractivity (Wildman–Crippen MR) is 108 cm³/mol. The summed E-state index contributed by atoms with van der Waals surface area (Å²) < 4.78 is 11.1. The van der Waals surface area contributed by atoms with Gasteiger partial charge in [0.25, 0.3) is 0 Å². The highest BCUT2D eigenvalue weighted by Crippen LogP contribution is 2.44. The molecule has 0 aliphatic rings. The molecule has 2 aromatic carbocycles. The zero-order valence-corrected chi connectivity index (χ0v) is 17.1. The van der Waals surface area contributed by atoms with Crippen LogP contribution in [0.1, 0.15) is 49.1 Å². The first-order valence-electron chi connectivity index (χ1n) is 8.92. The van der Waals surface area contributed by atoms with Crippen LogP contribution in [0.2, 0.25) is 0 Å². The van der Waals surface area contributed by atoms with Gasteiger partial charge in [-0.2, -0.15) is 0 Å². The van der Waals surface area contributed by atoms with Crippen molar-refractivity contribution in [3.8, 4) is 16.9 Å². The SMILES string of the molecule is COC(=O)[C@@H](OC(C)(C)C)c1c(C)c(N)c(O)c(C)c1-c1ccc(C)cc1. The van der Waals surface area contributed by atoms with Gasteiger partial charge in [0.15, 0.2) is 6.10 Å². The third kappa shape index (κ3) is 4.25. The van der Waals surface area contributed by atoms with E-state index in [0.717, 1.165) is 16.7 Å². The maximum Gasteiger partial charge on any atom is 0.339 e. The van der Waals surface area contributed by atoms with Crippen LogP contribution in [0.4, 0.5) is 5.69 Å². The number of aromatic hydroxyl groups is 1. The lowest BCUT2D eigenvalue weighted by Gasteiger charge is -2.30. The fourth-order valence-electron chi connectivity index (χ4n) is 3.14. The second-order valence-electron chi connectivity index (χ2n) is 7.80. The first-order chi connectivity index (χ1) is 12.5. The molecular weight excluding hydrogens is 342 g/mol. The summed E-state index contributed by atoms with van der Waals surface area (Å²) in [6, 6.07) is 7.89. The van der Waals surface area contributed by atoms with Gasteiger partial charge in [-0.3, -0.25) is 0 Å². The van der Waals surface area contributed by atoms with Crippen LogP contribution in [0, 0.1) is 20.8 Å². The van der Waals surface area contributed by atoms with Crippen molar-refractivity contribution in [1.29, 1.82) is 0 Å². The van der Waals surface area contributed by atoms with E-state index < -0.39 is 17.7 Å². The molecule has 2 aromatic rings. The van der Waals surface area contributed by atoms with E-state index in [-0.39, 0.29) is 11.4 Å². The zero-order valence-electron chi connectivity index (χ0n) is 17.1. The average molecular weight is 371 g/mol. The van der Waals surface area contributed by atoms with Crippen LogP contribution < -0.4 is 5.73 Å². The fraction of sp³-hybridized carbons (Fsp3) is 0.409. The minimum Gasteiger partial charge on any atom is -0.505 e. The molecule has 0 amide bonds. The molecule has 0 heterocycles. The second kappa shape index (κ2) is 7.61. The molecule has 0 spiro atoms. The van der Waals surface area contributed by atoms with Crippen LogP contribution >= 0.6 is 0 Å². The quantitative estimate of drug-likeness (QED) is 0.466. The summed E-state index contributed by atoms with van der Waals surface area (Å²) in [5.41, 5.74) is 10.3. The molecule has 27 heavy (non-hydrogen) atoms. The molecule has 1 atom stereocenters. The number of hydrogen-bond acceptors (Lipinski definition) is 5. The minimum absolute atomic E-state index is 0.0196. The molecule has 0 aliphatic carbocycles. The molecule has 0 saturated carbocycles. The van der Waals surface area contributed by atoms with E-state index in [4.69, 9.17) is 15.2 Å². The van der Waals surface area contributed by atoms with Gasteiger partial charge in [0.1, 0.15) is 5.75 Å². The predicted octanol–water partition coefficient (Wildman–Crippen LogP) is 4.60. The topological polar surface area (TPSA) is 81.8 Å². The first-order valence-corrected chi connectivity index (χ1v) is 8.92. The van der Waals surface area contributed by atoms with E-state index in [9.17, 15) is 9.90 Å². The molecule has 5 nitrogen and oxygen atoms in total. The number of aryl methyl sites for hydroxylation is 1. The van der Waals surface area contributed by atoms with Gasteiger partial charge in [-0.1, -0.05) is 29.8 Å². The molecule has 0 aliphatic heterocycles. The monoisotopic (exact) mass is 371 g/mol. The number of phenols is 1. The van der Waals surface area contributed by atoms with Gasteiger partial charge >= 0.3 is 5.97 Å². The Labute approximate surface area is 161 Å². The Balaban J connectivity index is 2.86. The Morgan fingerprint density at radius 3 is 2.11 bits per heavy atom. The van der Waals surface area contributed by atoms with Crippen LogP contribution in [0.25, 0.3) is 11.1 Å². The van der Waals surface area contributed by atoms with Crippen LogP contribution in [0.15, 0.2) is 24.3 Å². The van der Waals surface area contributed by atoms with E-state index >= 15 is 0 Å². The van der Waals surface area contributed by atoms with E-state index in [0.29, 0.717) is 16.7 Å². The Morgan fingerprint density at radius 1 is 1.07 bits per heavy atom. The number of anilines is 1. The summed E-state index contributed by atoms with van der Waals surface area (Å²) in [4.78, 5) is 12.6. The minimum atomic E-state index is -0.965. The Kier molecular flexibility index (Phi) is 5.85. The van der Waals surface area contributed by atoms with Gasteiger partial charge in [-0.25, -0.2) is 4.79 Å². The molecular formula is C22H29NO4. The van der Waals surface area contributed by atoms with Crippen LogP contribution in [-0.4, -0.2) is 23.8 Å². The summed E-state index contributed by atoms with van der Waals surface area (Å²) in [6.07, 6.45) is -0.965. The standard InChI is InChI=1S/C22H29NO4/c1-12-8-10-15(11-9-12)16-14(3)19(24)18(23)13(2)17(16)20(21(25)26-7)27-22(4,5)6/h8-11,20,24H,23H2,1-7H3/t20-/m0/s1. The summed E-state index contributed by atoms with van der Waals surface area (Å²) in [5.74, 6) is -0.489. The van der Waals surface area contributed by atoms with Crippen molar-refractivity contribution in [2.75, 3.05) is 12.8 Å². The van der Waals surface area contributed by atoms with Gasteiger partial charge in [0.05, 0.1) is 18.4 Å². The van der Waals surface area contributed by atoms with E-state index in [1.807, 2.05) is 52.0 Å². The van der Waals surface area contributed by atoms with E-state index in [2.05, 4.69) is 0 Å². The van der Waals surface area contributed by atoms with Crippen molar-refractivity contribution in [1.82, 2.24) is 0 Å². The van der Waals surface area contributed by atoms with Gasteiger partial charge in [-0.15, -0.1) is 0 Å². The molecule has 5 heteroatoms. The lowest BCUT2D eigenvalue weighted by Crippen LogP contribution is -2.29. The van der Waals surface area contributed by atoms with Gasteiger partial charge in [0, 0.05) is 11.1 Å². The number of carbonyl (C=O) groups is 1. The highest BCUT2D eigenvalue weighted by atomic mass is 16.6. The molecule has 3 N–H and O–H groups in total. The number of nitrogens with two attached hydrogens (primary N) is 1. The van der Waals surface area contributed by atoms with Gasteiger partial charge in [0.2, 0.25) is 0 Å². The maximum atomic E-state index is 12.6. The molecule has 0 saturated heterocycles. The first kappa shape index (κ1) is 20.8. The second-order valence-corrected chi connectivity index (χ2v) is 7.80. The molecule has 0 aromatic heterocycles. The van der Waals surface area contributed by atoms with E-state index in [1.165, 1.54) is 7.11 Å². The third-order valence-electron chi connectivity index (χ3n) is 4.55. The van der Waals surface area contributed by atoms with Crippen molar-refractivity contribution in [2.24, 2.45) is 0 Å². The molecule has 0 bridgehead atoms. The number of methoxy groups -OCH3 is 1. The molecule has 0 unspecified atom stereocenters. The van der Waals surface area contributed by atoms with Crippen molar-refractivity contribution >= 4 is 11.7 Å². The number of ether oxygens (including phenoxy) is 2. The largest absolute Gasteiger partial charge is 0.505 e. The number of nitrogen functional groups attached to an aromatic ring is 1. The van der Waals surface area contributed by atoms with Gasteiger partial charge < -0.3 is 20.3 Å². The number of benzene rings is 2. The summed E-state index contributed by atoms with van der Waals surface area (Å²) in [6.45, 7) is 11.2. The Hall–Kier alpha value is -2.53. The molecule has 2 rings (SSSR count). The Bertz CT molecular complexity index is 848. The number of hydrogen-bond donors (Lipinski definition) is 2. The fourth-order valence-corrected chi connectivity index (χ4v) is 3.14. The van der Waals surface area contributed by atoms with Crippen molar-refractivity contribution in [3.63, 3.8) is 0 Å². The van der Waals surface area contributed by atoms with Crippen LogP contribution in [0.3, 0.4) is 0 Å². The average Bonchev–Trinajstić information content (AvgIpc) is 2.60. The van der Waals surface area contributed by atoms with Crippen molar-refractivity contribution in [3.05, 3.63) is 46.5 Å². The molecule has 146 valence electrons. The summed E-state index contributed by atoms with van der Waals surface area (Å²) in [7, 11) is 1.33. The lowest BCUT2D eigenvalue weighted by molar-refractivity contribution is -0.164. The zero-order chi connectivity index (χ0) is 20.5. The normalized spacial score (nSPS) is 12.7. The van der Waals surface area contributed by atoms with Crippen molar-refractivity contribution < 1.29 is 19.4 Å². The highest BCUT2D eigenvalue weighted by Gasteiger charge is 2.34. The van der Waals surface area contributed by atoms with Crippen LogP contribution in [-0.2, 0) is 14.3 Å². The molecule has 0 fully saturated rings. The highest BCUT2D eigenvalue weighted by molar-refractivity contribution is 5.87. The van der Waals surface area contributed by atoms with Crippen LogP contribution in [0.5, 0.6) is 5.75 Å². The number of esters is 1. The number of carbonyl (C=O) groups excluding carboxylic acids is 1. The maximum absolute atomic E-state index is 12.6. The lowest BCUT2D eigenvalue weighted by atomic mass is 9.86. The van der Waals surface area contributed by atoms with Gasteiger partial charge in [-0.05, 0) is 58.2 Å². The summed E-state index contributed by atoms with van der Waals surface area (Å²) >= 11 is 0. The van der Waals surface area contributed by atoms with Crippen molar-refractivity contribution in [2.45, 2.75) is 53.2 Å². The Morgan fingerprint density at radius 2 is 1.63 bits per heavy atom. The summed E-state index contributed by atoms with van der Waals surface area (Å²) in [5, 5.41) is 10.5. The number of phenolic OH excluding ortho intramolecular Hbond substituents is 1. The smallest absolute Gasteiger partial charge is 0.339 e. The van der Waals surface area contributed by atoms with E-state index in [1.54, 1.807) is 13.8 Å². The number of rotatable bonds is 4.